The van der Waals surface area contributed by atoms with E-state index in [9.17, 15) is 8.42 Å². The zero-order valence-corrected chi connectivity index (χ0v) is 11.5. The van der Waals surface area contributed by atoms with Crippen LogP contribution in [0.5, 0.6) is 0 Å². The van der Waals surface area contributed by atoms with Crippen molar-refractivity contribution in [3.8, 4) is 0 Å². The molecule has 0 aliphatic rings. The molecule has 102 valence electrons. The fourth-order valence-electron chi connectivity index (χ4n) is 1.83. The molecule has 0 bridgehead atoms. The van der Waals surface area contributed by atoms with Crippen molar-refractivity contribution < 1.29 is 8.42 Å². The standard InChI is InChI=1S/C13H17N3O2S/c1-11(12-5-3-2-4-6-12)7-8-16-19(17,18)13-9-14-10-15-13/h2-6,9-11,16H,7-8H2,1H3,(H,14,15). The second-order valence-electron chi connectivity index (χ2n) is 4.41. The van der Waals surface area contributed by atoms with Gasteiger partial charge in [0.05, 0.1) is 12.5 Å². The lowest BCUT2D eigenvalue weighted by Crippen LogP contribution is -2.25. The fraction of sp³-hybridized carbons (Fsp3) is 0.308. The van der Waals surface area contributed by atoms with Gasteiger partial charge in [-0.1, -0.05) is 37.3 Å². The van der Waals surface area contributed by atoms with Crippen LogP contribution in [0.2, 0.25) is 0 Å². The molecule has 1 heterocycles. The Hall–Kier alpha value is -1.66. The maximum Gasteiger partial charge on any atom is 0.257 e. The summed E-state index contributed by atoms with van der Waals surface area (Å²) in [5.41, 5.74) is 1.21. The summed E-state index contributed by atoms with van der Waals surface area (Å²) in [4.78, 5) is 6.29. The maximum absolute atomic E-state index is 11.8. The summed E-state index contributed by atoms with van der Waals surface area (Å²) in [6, 6.07) is 10.0. The van der Waals surface area contributed by atoms with Gasteiger partial charge in [0.2, 0.25) is 0 Å². The van der Waals surface area contributed by atoms with Gasteiger partial charge in [0.1, 0.15) is 0 Å². The first kappa shape index (κ1) is 13.8. The van der Waals surface area contributed by atoms with Crippen molar-refractivity contribution in [2.45, 2.75) is 24.3 Å². The smallest absolute Gasteiger partial charge is 0.257 e. The van der Waals surface area contributed by atoms with Gasteiger partial charge >= 0.3 is 0 Å². The Morgan fingerprint density at radius 3 is 2.68 bits per heavy atom. The highest BCUT2D eigenvalue weighted by Crippen LogP contribution is 2.17. The van der Waals surface area contributed by atoms with Gasteiger partial charge in [-0.25, -0.2) is 18.1 Å². The third-order valence-corrected chi connectivity index (χ3v) is 4.39. The van der Waals surface area contributed by atoms with Gasteiger partial charge < -0.3 is 4.98 Å². The molecule has 0 saturated heterocycles. The summed E-state index contributed by atoms with van der Waals surface area (Å²) in [7, 11) is -3.46. The molecule has 2 N–H and O–H groups in total. The Morgan fingerprint density at radius 2 is 2.05 bits per heavy atom. The topological polar surface area (TPSA) is 74.8 Å². The molecule has 5 nitrogen and oxygen atoms in total. The molecule has 0 spiro atoms. The number of hydrogen-bond acceptors (Lipinski definition) is 3. The Morgan fingerprint density at radius 1 is 1.32 bits per heavy atom. The number of H-pyrrole nitrogens is 1. The molecule has 2 rings (SSSR count). The lowest BCUT2D eigenvalue weighted by atomic mass is 9.98. The third-order valence-electron chi connectivity index (χ3n) is 3.00. The van der Waals surface area contributed by atoms with E-state index in [1.54, 1.807) is 0 Å². The first-order valence-electron chi connectivity index (χ1n) is 6.12. The number of imidazole rings is 1. The van der Waals surface area contributed by atoms with E-state index in [0.717, 1.165) is 6.42 Å². The quantitative estimate of drug-likeness (QED) is 0.847. The highest BCUT2D eigenvalue weighted by atomic mass is 32.2. The zero-order chi connectivity index (χ0) is 13.7. The van der Waals surface area contributed by atoms with Gasteiger partial charge in [0.25, 0.3) is 10.0 Å². The number of hydrogen-bond donors (Lipinski definition) is 2. The minimum Gasteiger partial charge on any atom is -0.335 e. The van der Waals surface area contributed by atoms with E-state index in [2.05, 4.69) is 21.6 Å². The Labute approximate surface area is 113 Å². The minimum absolute atomic E-state index is 0.0971. The highest BCUT2D eigenvalue weighted by Gasteiger charge is 2.15. The summed E-state index contributed by atoms with van der Waals surface area (Å²) in [6.07, 6.45) is 3.39. The summed E-state index contributed by atoms with van der Waals surface area (Å²) in [6.45, 7) is 2.48. The Balaban J connectivity index is 1.87. The second kappa shape index (κ2) is 5.99. The summed E-state index contributed by atoms with van der Waals surface area (Å²) < 4.78 is 26.2. The third kappa shape index (κ3) is 3.65. The minimum atomic E-state index is -3.46. The number of aromatic amines is 1. The van der Waals surface area contributed by atoms with Crippen LogP contribution in [-0.4, -0.2) is 24.9 Å². The molecule has 0 amide bonds. The molecule has 19 heavy (non-hydrogen) atoms. The number of nitrogens with one attached hydrogen (secondary N) is 2. The predicted octanol–water partition coefficient (Wildman–Crippen LogP) is 1.88. The molecule has 6 heteroatoms. The van der Waals surface area contributed by atoms with E-state index in [-0.39, 0.29) is 5.03 Å². The predicted molar refractivity (Wildman–Crippen MR) is 73.3 cm³/mol. The van der Waals surface area contributed by atoms with Crippen LogP contribution in [-0.2, 0) is 10.0 Å². The van der Waals surface area contributed by atoms with Gasteiger partial charge in [-0.3, -0.25) is 0 Å². The number of aromatic nitrogens is 2. The van der Waals surface area contributed by atoms with E-state index >= 15 is 0 Å². The van der Waals surface area contributed by atoms with Crippen molar-refractivity contribution in [2.75, 3.05) is 6.54 Å². The monoisotopic (exact) mass is 279 g/mol. The molecule has 0 aliphatic carbocycles. The molecule has 0 aliphatic heterocycles. The van der Waals surface area contributed by atoms with Crippen molar-refractivity contribution >= 4 is 10.0 Å². The molecule has 0 saturated carbocycles. The first-order valence-corrected chi connectivity index (χ1v) is 7.61. The van der Waals surface area contributed by atoms with Crippen LogP contribution in [0, 0.1) is 0 Å². The van der Waals surface area contributed by atoms with Gasteiger partial charge in [-0.2, -0.15) is 0 Å². The Bertz CT molecular complexity index is 594. The zero-order valence-electron chi connectivity index (χ0n) is 10.7. The van der Waals surface area contributed by atoms with Gasteiger partial charge in [-0.15, -0.1) is 0 Å². The summed E-state index contributed by atoms with van der Waals surface area (Å²) in [5, 5.41) is 0.0971. The average Bonchev–Trinajstić information content (AvgIpc) is 2.94. The number of nitrogens with zero attached hydrogens (tertiary/aromatic N) is 1. The van der Waals surface area contributed by atoms with Crippen LogP contribution in [0.4, 0.5) is 0 Å². The van der Waals surface area contributed by atoms with Gasteiger partial charge in [0, 0.05) is 6.54 Å². The number of rotatable bonds is 6. The molecule has 2 aromatic rings. The number of benzene rings is 1. The van der Waals surface area contributed by atoms with E-state index in [1.165, 1.54) is 18.1 Å². The SMILES string of the molecule is CC(CCNS(=O)(=O)c1cnc[nH]1)c1ccccc1. The van der Waals surface area contributed by atoms with E-state index in [0.29, 0.717) is 12.5 Å². The van der Waals surface area contributed by atoms with Crippen molar-refractivity contribution in [1.29, 1.82) is 0 Å². The molecule has 1 unspecified atom stereocenters. The van der Waals surface area contributed by atoms with Crippen molar-refractivity contribution in [2.24, 2.45) is 0 Å². The molecular weight excluding hydrogens is 262 g/mol. The molecular formula is C13H17N3O2S. The molecule has 1 aromatic heterocycles. The van der Waals surface area contributed by atoms with Crippen LogP contribution in [0.15, 0.2) is 47.9 Å². The summed E-state index contributed by atoms with van der Waals surface area (Å²) in [5.74, 6) is 0.311. The fourth-order valence-corrected chi connectivity index (χ4v) is 2.78. The lowest BCUT2D eigenvalue weighted by molar-refractivity contribution is 0.569. The second-order valence-corrected chi connectivity index (χ2v) is 6.15. The van der Waals surface area contributed by atoms with Gasteiger partial charge in [0.15, 0.2) is 5.03 Å². The van der Waals surface area contributed by atoms with Crippen LogP contribution in [0.3, 0.4) is 0 Å². The van der Waals surface area contributed by atoms with E-state index in [4.69, 9.17) is 0 Å². The summed E-state index contributed by atoms with van der Waals surface area (Å²) >= 11 is 0. The van der Waals surface area contributed by atoms with E-state index < -0.39 is 10.0 Å². The molecule has 0 radical (unpaired) electrons. The average molecular weight is 279 g/mol. The van der Waals surface area contributed by atoms with Crippen LogP contribution < -0.4 is 4.72 Å². The molecule has 1 atom stereocenters. The maximum atomic E-state index is 11.8. The van der Waals surface area contributed by atoms with Crippen LogP contribution in [0.25, 0.3) is 0 Å². The normalized spacial score (nSPS) is 13.3. The highest BCUT2D eigenvalue weighted by molar-refractivity contribution is 7.89. The van der Waals surface area contributed by atoms with Gasteiger partial charge in [-0.05, 0) is 17.9 Å². The lowest BCUT2D eigenvalue weighted by Gasteiger charge is -2.12. The largest absolute Gasteiger partial charge is 0.335 e. The first-order chi connectivity index (χ1) is 9.09. The molecule has 1 aromatic carbocycles. The Kier molecular flexibility index (Phi) is 4.34. The van der Waals surface area contributed by atoms with Crippen molar-refractivity contribution in [1.82, 2.24) is 14.7 Å². The van der Waals surface area contributed by atoms with Crippen LogP contribution in [0.1, 0.15) is 24.8 Å². The van der Waals surface area contributed by atoms with E-state index in [1.807, 2.05) is 30.3 Å². The van der Waals surface area contributed by atoms with Crippen LogP contribution >= 0.6 is 0 Å². The number of sulfonamides is 1. The molecule has 0 fully saturated rings. The van der Waals surface area contributed by atoms with Crippen molar-refractivity contribution in [3.05, 3.63) is 48.4 Å². The van der Waals surface area contributed by atoms with Crippen molar-refractivity contribution in [3.63, 3.8) is 0 Å².